The molecule has 0 bridgehead atoms. The van der Waals surface area contributed by atoms with Crippen LogP contribution in [0.15, 0.2) is 40.5 Å². The lowest BCUT2D eigenvalue weighted by molar-refractivity contribution is -0.126. The molecule has 3 aromatic rings. The van der Waals surface area contributed by atoms with Crippen LogP contribution in [0.5, 0.6) is 0 Å². The van der Waals surface area contributed by atoms with Gasteiger partial charge in [-0.05, 0) is 37.5 Å². The monoisotopic (exact) mass is 415 g/mol. The number of carbonyl (C=O) groups excluding carboxylic acids is 1. The van der Waals surface area contributed by atoms with Crippen LogP contribution in [0, 0.1) is 6.92 Å². The number of aromatic nitrogens is 2. The highest BCUT2D eigenvalue weighted by molar-refractivity contribution is 7.15. The average molecular weight is 416 g/mol. The van der Waals surface area contributed by atoms with Crippen molar-refractivity contribution in [3.8, 4) is 0 Å². The molecule has 1 saturated carbocycles. The van der Waals surface area contributed by atoms with Gasteiger partial charge in [-0.1, -0.05) is 36.6 Å². The molecule has 1 aliphatic rings. The van der Waals surface area contributed by atoms with E-state index < -0.39 is 5.41 Å². The van der Waals surface area contributed by atoms with Crippen LogP contribution in [-0.4, -0.2) is 21.8 Å². The summed E-state index contributed by atoms with van der Waals surface area (Å²) in [4.78, 5) is 30.5. The van der Waals surface area contributed by atoms with Crippen molar-refractivity contribution in [3.05, 3.63) is 68.0 Å². The molecular formula is C21H22ClN3O2S. The normalized spacial score (nSPS) is 15.8. The van der Waals surface area contributed by atoms with Gasteiger partial charge in [-0.3, -0.25) is 14.0 Å². The first-order chi connectivity index (χ1) is 13.5. The molecule has 1 aliphatic carbocycles. The van der Waals surface area contributed by atoms with Crippen molar-refractivity contribution in [1.82, 2.24) is 14.7 Å². The van der Waals surface area contributed by atoms with E-state index in [-0.39, 0.29) is 11.5 Å². The quantitative estimate of drug-likeness (QED) is 0.687. The Morgan fingerprint density at radius 2 is 2.00 bits per heavy atom. The van der Waals surface area contributed by atoms with Gasteiger partial charge in [-0.25, -0.2) is 4.98 Å². The fourth-order valence-electron chi connectivity index (χ4n) is 4.13. The van der Waals surface area contributed by atoms with Crippen molar-refractivity contribution < 1.29 is 4.79 Å². The van der Waals surface area contributed by atoms with E-state index in [0.29, 0.717) is 22.9 Å². The molecule has 146 valence electrons. The molecule has 0 spiro atoms. The van der Waals surface area contributed by atoms with Crippen molar-refractivity contribution >= 4 is 33.8 Å². The minimum atomic E-state index is -0.475. The summed E-state index contributed by atoms with van der Waals surface area (Å²) in [6.45, 7) is 2.30. The van der Waals surface area contributed by atoms with Crippen LogP contribution in [-0.2, 0) is 16.6 Å². The van der Waals surface area contributed by atoms with E-state index in [2.05, 4.69) is 10.3 Å². The SMILES string of the molecule is Cc1cc(=O)n2c(CCNC(=O)C3(c4ccc(Cl)cc4)CCCC3)csc2n1. The molecule has 0 saturated heterocycles. The smallest absolute Gasteiger partial charge is 0.258 e. The molecule has 28 heavy (non-hydrogen) atoms. The second-order valence-corrected chi connectivity index (χ2v) is 8.66. The molecule has 1 N–H and O–H groups in total. The van der Waals surface area contributed by atoms with Gasteiger partial charge in [0.25, 0.3) is 5.56 Å². The van der Waals surface area contributed by atoms with Gasteiger partial charge in [0.1, 0.15) is 0 Å². The van der Waals surface area contributed by atoms with Crippen LogP contribution in [0.2, 0.25) is 5.02 Å². The zero-order chi connectivity index (χ0) is 19.7. The molecule has 0 aliphatic heterocycles. The van der Waals surface area contributed by atoms with Crippen molar-refractivity contribution in [1.29, 1.82) is 0 Å². The number of nitrogens with zero attached hydrogens (tertiary/aromatic N) is 2. The molecule has 1 amide bonds. The zero-order valence-electron chi connectivity index (χ0n) is 15.7. The van der Waals surface area contributed by atoms with E-state index in [1.165, 1.54) is 17.4 Å². The first-order valence-corrected chi connectivity index (χ1v) is 10.8. The number of rotatable bonds is 5. The summed E-state index contributed by atoms with van der Waals surface area (Å²) in [6.07, 6.45) is 4.39. The van der Waals surface area contributed by atoms with Gasteiger partial charge in [-0.15, -0.1) is 11.3 Å². The summed E-state index contributed by atoms with van der Waals surface area (Å²) in [5, 5.41) is 5.73. The summed E-state index contributed by atoms with van der Waals surface area (Å²) in [6, 6.07) is 9.17. The number of fused-ring (bicyclic) bond motifs is 1. The van der Waals surface area contributed by atoms with Crippen LogP contribution in [0.4, 0.5) is 0 Å². The van der Waals surface area contributed by atoms with E-state index in [9.17, 15) is 9.59 Å². The number of amides is 1. The zero-order valence-corrected chi connectivity index (χ0v) is 17.3. The van der Waals surface area contributed by atoms with Gasteiger partial charge in [0.05, 0.1) is 5.41 Å². The molecule has 0 radical (unpaired) electrons. The third-order valence-electron chi connectivity index (χ3n) is 5.56. The summed E-state index contributed by atoms with van der Waals surface area (Å²) in [7, 11) is 0. The van der Waals surface area contributed by atoms with Gasteiger partial charge < -0.3 is 5.32 Å². The van der Waals surface area contributed by atoms with Crippen molar-refractivity contribution in [3.63, 3.8) is 0 Å². The largest absolute Gasteiger partial charge is 0.355 e. The Labute approximate surface area is 172 Å². The Balaban J connectivity index is 1.49. The van der Waals surface area contributed by atoms with E-state index >= 15 is 0 Å². The van der Waals surface area contributed by atoms with Crippen molar-refractivity contribution in [2.24, 2.45) is 0 Å². The number of nitrogens with one attached hydrogen (secondary N) is 1. The van der Waals surface area contributed by atoms with Crippen LogP contribution < -0.4 is 10.9 Å². The Hall–Kier alpha value is -2.18. The molecule has 2 heterocycles. The minimum absolute atomic E-state index is 0.0631. The number of halogens is 1. The first-order valence-electron chi connectivity index (χ1n) is 9.51. The van der Waals surface area contributed by atoms with Gasteiger partial charge in [0.2, 0.25) is 5.91 Å². The molecule has 0 atom stereocenters. The molecular weight excluding hydrogens is 394 g/mol. The van der Waals surface area contributed by atoms with E-state index in [1.807, 2.05) is 36.6 Å². The Morgan fingerprint density at radius 1 is 1.29 bits per heavy atom. The highest BCUT2D eigenvalue weighted by Gasteiger charge is 2.42. The lowest BCUT2D eigenvalue weighted by Crippen LogP contribution is -2.43. The first kappa shape index (κ1) is 19.2. The van der Waals surface area contributed by atoms with E-state index in [0.717, 1.165) is 42.6 Å². The van der Waals surface area contributed by atoms with Crippen LogP contribution in [0.1, 0.15) is 42.6 Å². The Morgan fingerprint density at radius 3 is 2.71 bits per heavy atom. The average Bonchev–Trinajstić information content (AvgIpc) is 3.30. The number of hydrogen-bond donors (Lipinski definition) is 1. The lowest BCUT2D eigenvalue weighted by Gasteiger charge is -2.28. The standard InChI is InChI=1S/C21H22ClN3O2S/c1-14-12-18(26)25-17(13-28-20(25)24-14)8-11-23-19(27)21(9-2-3-10-21)15-4-6-16(22)7-5-15/h4-7,12-13H,2-3,8-11H2,1H3,(H,23,27). The van der Waals surface area contributed by atoms with Crippen molar-refractivity contribution in [2.45, 2.75) is 44.4 Å². The second kappa shape index (κ2) is 7.68. The molecule has 2 aromatic heterocycles. The van der Waals surface area contributed by atoms with Gasteiger partial charge in [-0.2, -0.15) is 0 Å². The van der Waals surface area contributed by atoms with Gasteiger partial charge in [0, 0.05) is 40.8 Å². The topological polar surface area (TPSA) is 63.5 Å². The van der Waals surface area contributed by atoms with E-state index in [1.54, 1.807) is 4.40 Å². The molecule has 7 heteroatoms. The molecule has 1 fully saturated rings. The number of benzene rings is 1. The molecule has 0 unspecified atom stereocenters. The maximum absolute atomic E-state index is 13.1. The summed E-state index contributed by atoms with van der Waals surface area (Å²) < 4.78 is 1.63. The number of aryl methyl sites for hydroxylation is 1. The molecule has 5 nitrogen and oxygen atoms in total. The fraction of sp³-hybridized carbons (Fsp3) is 0.381. The van der Waals surface area contributed by atoms with Crippen LogP contribution in [0.3, 0.4) is 0 Å². The molecule has 1 aromatic carbocycles. The summed E-state index contributed by atoms with van der Waals surface area (Å²) in [5.41, 5.74) is 2.08. The lowest BCUT2D eigenvalue weighted by atomic mass is 9.78. The third-order valence-corrected chi connectivity index (χ3v) is 6.69. The summed E-state index contributed by atoms with van der Waals surface area (Å²) in [5.74, 6) is 0.0631. The number of thiazole rings is 1. The predicted octanol–water partition coefficient (Wildman–Crippen LogP) is 3.89. The highest BCUT2D eigenvalue weighted by atomic mass is 35.5. The summed E-state index contributed by atoms with van der Waals surface area (Å²) >= 11 is 7.47. The third kappa shape index (κ3) is 3.47. The maximum Gasteiger partial charge on any atom is 0.258 e. The van der Waals surface area contributed by atoms with Crippen LogP contribution >= 0.6 is 22.9 Å². The number of hydrogen-bond acceptors (Lipinski definition) is 4. The maximum atomic E-state index is 13.1. The van der Waals surface area contributed by atoms with Gasteiger partial charge in [0.15, 0.2) is 4.96 Å². The van der Waals surface area contributed by atoms with E-state index in [4.69, 9.17) is 11.6 Å². The van der Waals surface area contributed by atoms with Crippen molar-refractivity contribution in [2.75, 3.05) is 6.54 Å². The Kier molecular flexibility index (Phi) is 5.25. The predicted molar refractivity (Wildman–Crippen MR) is 112 cm³/mol. The van der Waals surface area contributed by atoms with Gasteiger partial charge >= 0.3 is 0 Å². The highest BCUT2D eigenvalue weighted by Crippen LogP contribution is 2.41. The fourth-order valence-corrected chi connectivity index (χ4v) is 5.23. The number of carbonyl (C=O) groups is 1. The molecule has 4 rings (SSSR count). The Bertz CT molecular complexity index is 1070. The van der Waals surface area contributed by atoms with Crippen LogP contribution in [0.25, 0.3) is 4.96 Å². The second-order valence-electron chi connectivity index (χ2n) is 7.38. The minimum Gasteiger partial charge on any atom is -0.355 e.